The number of hydrogen-bond donors (Lipinski definition) is 0. The molecule has 0 saturated heterocycles. The van der Waals surface area contributed by atoms with E-state index in [0.717, 1.165) is 178 Å². The summed E-state index contributed by atoms with van der Waals surface area (Å²) in [5, 5.41) is 6.47. The Hall–Kier alpha value is -17.0. The minimum atomic E-state index is -0.583. The number of benzene rings is 18. The lowest BCUT2D eigenvalue weighted by molar-refractivity contribution is 0.437. The van der Waals surface area contributed by atoms with E-state index >= 15 is 0 Å². The average Bonchev–Trinajstić information content (AvgIpc) is 1.49. The van der Waals surface area contributed by atoms with Crippen LogP contribution in [0.15, 0.2) is 443 Å². The van der Waals surface area contributed by atoms with Crippen LogP contribution in [-0.4, -0.2) is 34.9 Å². The fourth-order valence-electron chi connectivity index (χ4n) is 20.3. The van der Waals surface area contributed by atoms with Gasteiger partial charge in [0, 0.05) is 88.3 Å². The molecule has 26 rings (SSSR count). The lowest BCUT2D eigenvalue weighted by atomic mass is 9.65. The maximum absolute atomic E-state index is 7.01. The molecule has 0 bridgehead atoms. The minimum Gasteiger partial charge on any atom is -0.457 e. The Morgan fingerprint density at radius 3 is 0.797 bits per heavy atom. The van der Waals surface area contributed by atoms with Crippen LogP contribution in [0.4, 0.5) is 0 Å². The highest BCUT2D eigenvalue weighted by molar-refractivity contribution is 6.15. The Labute approximate surface area is 739 Å². The van der Waals surface area contributed by atoms with Crippen molar-refractivity contribution >= 4 is 43.4 Å². The van der Waals surface area contributed by atoms with Crippen molar-refractivity contribution in [3.63, 3.8) is 0 Å². The summed E-state index contributed by atoms with van der Waals surface area (Å²) >= 11 is 0. The van der Waals surface area contributed by atoms with Gasteiger partial charge >= 0.3 is 0 Å². The Kier molecular flexibility index (Phi) is 17.2. The highest BCUT2D eigenvalue weighted by atomic mass is 16.5. The molecule has 0 radical (unpaired) electrons. The van der Waals surface area contributed by atoms with Crippen LogP contribution in [0, 0.1) is 0 Å². The van der Waals surface area contributed by atoms with Crippen molar-refractivity contribution in [1.29, 1.82) is 0 Å². The van der Waals surface area contributed by atoms with Crippen molar-refractivity contribution in [3.05, 3.63) is 487 Å². The fraction of sp³-hybridized carbons (Fsp3) is 0.0168. The number of ether oxygens (including phenoxy) is 2. The molecular formula is C119H73N7O2. The first-order chi connectivity index (χ1) is 63.4. The lowest BCUT2D eigenvalue weighted by Gasteiger charge is -2.39. The van der Waals surface area contributed by atoms with Crippen LogP contribution < -0.4 is 9.47 Å². The Morgan fingerprint density at radius 2 is 0.430 bits per heavy atom. The number of aromatic nitrogens is 7. The van der Waals surface area contributed by atoms with Gasteiger partial charge in [-0.05, 0) is 144 Å². The minimum absolute atomic E-state index is 0.578. The monoisotopic (exact) mass is 1630 g/mol. The first kappa shape index (κ1) is 73.7. The van der Waals surface area contributed by atoms with Crippen LogP contribution in [0.25, 0.3) is 178 Å². The van der Waals surface area contributed by atoms with Gasteiger partial charge in [-0.3, -0.25) is 0 Å². The molecule has 2 aliphatic carbocycles. The van der Waals surface area contributed by atoms with Crippen LogP contribution in [0.2, 0.25) is 0 Å². The van der Waals surface area contributed by atoms with Crippen LogP contribution in [0.3, 0.4) is 0 Å². The van der Waals surface area contributed by atoms with Gasteiger partial charge in [0.15, 0.2) is 23.3 Å². The zero-order valence-corrected chi connectivity index (χ0v) is 69.1. The maximum atomic E-state index is 7.01. The molecule has 596 valence electrons. The van der Waals surface area contributed by atoms with Crippen molar-refractivity contribution < 1.29 is 9.47 Å². The predicted molar refractivity (Wildman–Crippen MR) is 517 cm³/mol. The summed E-state index contributed by atoms with van der Waals surface area (Å²) in [6.45, 7) is 0. The van der Waals surface area contributed by atoms with Crippen molar-refractivity contribution in [2.24, 2.45) is 0 Å². The zero-order chi connectivity index (χ0) is 84.4. The number of hydrogen-bond acceptors (Lipinski definition) is 9. The zero-order valence-electron chi connectivity index (χ0n) is 69.1. The van der Waals surface area contributed by atoms with Gasteiger partial charge in [-0.1, -0.05) is 376 Å². The third-order valence-electron chi connectivity index (χ3n) is 26.1. The molecule has 0 N–H and O–H groups in total. The van der Waals surface area contributed by atoms with Gasteiger partial charge in [0.2, 0.25) is 0 Å². The predicted octanol–water partition coefficient (Wildman–Crippen LogP) is 29.4. The molecule has 2 aliphatic heterocycles. The lowest BCUT2D eigenvalue weighted by Crippen LogP contribution is -2.32. The van der Waals surface area contributed by atoms with E-state index in [0.29, 0.717) is 23.3 Å². The number of pyridine rings is 2. The summed E-state index contributed by atoms with van der Waals surface area (Å²) in [7, 11) is 0. The molecule has 128 heavy (non-hydrogen) atoms. The van der Waals surface area contributed by atoms with E-state index in [1.54, 1.807) is 0 Å². The summed E-state index contributed by atoms with van der Waals surface area (Å²) in [6, 6.07) is 156. The van der Waals surface area contributed by atoms with E-state index in [2.05, 4.69) is 346 Å². The second-order valence-electron chi connectivity index (χ2n) is 33.2. The summed E-state index contributed by atoms with van der Waals surface area (Å²) in [5.74, 6) is 6.05. The van der Waals surface area contributed by atoms with E-state index in [4.69, 9.17) is 44.4 Å². The fourth-order valence-corrected chi connectivity index (χ4v) is 20.3. The molecule has 4 aliphatic rings. The van der Waals surface area contributed by atoms with Crippen LogP contribution in [0.1, 0.15) is 44.5 Å². The van der Waals surface area contributed by atoms with Crippen LogP contribution in [0.5, 0.6) is 23.0 Å². The molecule has 18 aromatic carbocycles. The third-order valence-corrected chi connectivity index (χ3v) is 26.1. The molecule has 6 heterocycles. The van der Waals surface area contributed by atoms with Crippen LogP contribution >= 0.6 is 0 Å². The number of para-hydroxylation sites is 2. The molecule has 22 aromatic rings. The maximum Gasteiger partial charge on any atom is 0.164 e. The van der Waals surface area contributed by atoms with Gasteiger partial charge in [-0.2, -0.15) is 0 Å². The first-order valence-corrected chi connectivity index (χ1v) is 43.4. The highest BCUT2D eigenvalue weighted by Gasteiger charge is 2.53. The molecule has 0 unspecified atom stereocenters. The van der Waals surface area contributed by atoms with Gasteiger partial charge in [-0.25, -0.2) is 34.9 Å². The van der Waals surface area contributed by atoms with E-state index < -0.39 is 10.8 Å². The Bertz CT molecular complexity index is 7530. The van der Waals surface area contributed by atoms with E-state index in [9.17, 15) is 0 Å². The summed E-state index contributed by atoms with van der Waals surface area (Å²) in [6.07, 6.45) is 0. The van der Waals surface area contributed by atoms with Crippen molar-refractivity contribution in [1.82, 2.24) is 34.9 Å². The molecule has 0 atom stereocenters. The number of fused-ring (bicyclic) bond motifs is 24. The highest BCUT2D eigenvalue weighted by Crippen LogP contribution is 2.65. The Balaban J connectivity index is 0.000000139. The molecular weight excluding hydrogens is 1560 g/mol. The van der Waals surface area contributed by atoms with Gasteiger partial charge in [0.1, 0.15) is 23.0 Å². The molecule has 0 fully saturated rings. The van der Waals surface area contributed by atoms with E-state index in [1.165, 1.54) is 44.5 Å². The quantitative estimate of drug-likeness (QED) is 0.124. The third kappa shape index (κ3) is 11.9. The van der Waals surface area contributed by atoms with E-state index in [-0.39, 0.29) is 0 Å². The molecule has 9 heteroatoms. The molecule has 2 spiro atoms. The number of nitrogens with zero attached hydrogens (tertiary/aromatic N) is 7. The van der Waals surface area contributed by atoms with Gasteiger partial charge in [0.05, 0.1) is 44.6 Å². The molecule has 9 nitrogen and oxygen atoms in total. The normalized spacial score (nSPS) is 12.9. The van der Waals surface area contributed by atoms with Gasteiger partial charge < -0.3 is 9.47 Å². The topological polar surface area (TPSA) is 109 Å². The Morgan fingerprint density at radius 1 is 0.156 bits per heavy atom. The molecule has 0 amide bonds. The second kappa shape index (κ2) is 29.9. The molecule has 4 aromatic heterocycles. The van der Waals surface area contributed by atoms with Crippen molar-refractivity contribution in [2.75, 3.05) is 0 Å². The first-order valence-electron chi connectivity index (χ1n) is 43.4. The summed E-state index contributed by atoms with van der Waals surface area (Å²) in [5.41, 5.74) is 31.3. The average molecular weight is 1630 g/mol. The van der Waals surface area contributed by atoms with Crippen molar-refractivity contribution in [2.45, 2.75) is 10.8 Å². The van der Waals surface area contributed by atoms with Gasteiger partial charge in [-0.15, -0.1) is 0 Å². The SMILES string of the molecule is c1ccc(-c2cc(-c3ccc(-c4ccc5nc(-c6ccccc6)c6cc7c(cc6c5c4)Oc4ccccc4C74c5ccccc5-c5ccccc54)cc3)nc(-c3ccccc3)n2)cc1.c1ccc(-c2nc(-c3ccccc3)nc(-c3ccc(-c4ccc5nc(-c6ccccc6)c6cc7c(cc6c5c4)Oc4ccccc4C74c5ccccc5-c5ccccc54)cc3)n2)cc1. The summed E-state index contributed by atoms with van der Waals surface area (Å²) in [4.78, 5) is 35.8. The standard InChI is InChI=1S/C60H37N3O.C59H36N4O/c1-4-16-39(17-5-1)54-37-55(63-59(62-54)42-20-8-3-9-21-42)40-30-28-38(29-31-40)43-32-33-53-47(34-43)46-36-57-52(35-48(46)58(61-53)41-18-6-2-7-19-41)60(51-26-14-15-27-56(51)64-57)49-24-12-10-22-44(49)45-23-11-13-25-50(45)60;1-4-16-38(17-5-1)55-47-35-51-54(64-53-27-15-14-26-50(53)59(51)48-24-12-10-22-43(48)44-23-11-13-25-49(44)59)36-45(47)46-34-42(32-33-52(46)60-55)37-28-30-41(31-29-37)58-62-56(39-18-6-2-7-19-39)61-57(63-58)40-20-8-3-9-21-40/h1-37H;1-36H. The smallest absolute Gasteiger partial charge is 0.164 e. The van der Waals surface area contributed by atoms with Crippen molar-refractivity contribution in [3.8, 4) is 158 Å². The summed E-state index contributed by atoms with van der Waals surface area (Å²) < 4.78 is 14.0. The largest absolute Gasteiger partial charge is 0.457 e. The molecule has 0 saturated carbocycles. The second-order valence-corrected chi connectivity index (χ2v) is 33.2. The van der Waals surface area contributed by atoms with Gasteiger partial charge in [0.25, 0.3) is 0 Å². The van der Waals surface area contributed by atoms with E-state index in [1.807, 2.05) is 97.1 Å². The van der Waals surface area contributed by atoms with Crippen LogP contribution in [-0.2, 0) is 10.8 Å². The number of rotatable bonds is 10.